The fraction of sp³-hybridized carbons (Fsp3) is 0.417. The second-order valence-electron chi connectivity index (χ2n) is 3.78. The Hall–Kier alpha value is -1.49. The summed E-state index contributed by atoms with van der Waals surface area (Å²) >= 11 is 0. The first-order chi connectivity index (χ1) is 8.02. The number of hydrogen-bond donors (Lipinski definition) is 1. The Labute approximate surface area is 98.8 Å². The summed E-state index contributed by atoms with van der Waals surface area (Å²) in [5.74, 6) is -2.81. The molecule has 94 valence electrons. The third-order valence-corrected chi connectivity index (χ3v) is 2.04. The molecule has 0 radical (unpaired) electrons. The second-order valence-corrected chi connectivity index (χ2v) is 3.78. The van der Waals surface area contributed by atoms with Gasteiger partial charge in [-0.3, -0.25) is 4.79 Å². The van der Waals surface area contributed by atoms with Crippen LogP contribution in [0.2, 0.25) is 0 Å². The van der Waals surface area contributed by atoms with E-state index >= 15 is 0 Å². The van der Waals surface area contributed by atoms with Crippen molar-refractivity contribution in [2.75, 3.05) is 13.2 Å². The quantitative estimate of drug-likeness (QED) is 0.804. The molecule has 1 rings (SSSR count). The van der Waals surface area contributed by atoms with E-state index in [1.54, 1.807) is 0 Å². The van der Waals surface area contributed by atoms with Crippen LogP contribution < -0.4 is 5.32 Å². The highest BCUT2D eigenvalue weighted by molar-refractivity contribution is 5.94. The predicted octanol–water partition coefficient (Wildman–Crippen LogP) is 2.12. The highest BCUT2D eigenvalue weighted by atomic mass is 19.2. The molecule has 0 heterocycles. The lowest BCUT2D eigenvalue weighted by atomic mass is 10.2. The van der Waals surface area contributed by atoms with Gasteiger partial charge in [0.15, 0.2) is 11.6 Å². The lowest BCUT2D eigenvalue weighted by Gasteiger charge is -2.09. The average molecular weight is 243 g/mol. The molecule has 0 saturated carbocycles. The zero-order chi connectivity index (χ0) is 12.8. The third kappa shape index (κ3) is 4.11. The van der Waals surface area contributed by atoms with Crippen LogP contribution in [0.5, 0.6) is 0 Å². The fourth-order valence-corrected chi connectivity index (χ4v) is 1.23. The molecule has 1 aromatic rings. The molecule has 0 aliphatic rings. The minimum Gasteiger partial charge on any atom is -0.377 e. The molecule has 0 bridgehead atoms. The van der Waals surface area contributed by atoms with Gasteiger partial charge in [0.25, 0.3) is 5.91 Å². The van der Waals surface area contributed by atoms with E-state index < -0.39 is 17.5 Å². The smallest absolute Gasteiger partial charge is 0.254 e. The zero-order valence-electron chi connectivity index (χ0n) is 9.80. The van der Waals surface area contributed by atoms with Gasteiger partial charge in [0.2, 0.25) is 0 Å². The number of carbonyl (C=O) groups is 1. The van der Waals surface area contributed by atoms with Crippen LogP contribution in [0, 0.1) is 11.6 Å². The topological polar surface area (TPSA) is 38.3 Å². The molecule has 5 heteroatoms. The van der Waals surface area contributed by atoms with Crippen LogP contribution in [-0.4, -0.2) is 25.2 Å². The summed E-state index contributed by atoms with van der Waals surface area (Å²) in [6, 6.07) is 3.49. The maximum absolute atomic E-state index is 13.2. The van der Waals surface area contributed by atoms with E-state index in [9.17, 15) is 13.6 Å². The molecular formula is C12H15F2NO2. The average Bonchev–Trinajstić information content (AvgIpc) is 2.27. The van der Waals surface area contributed by atoms with Crippen molar-refractivity contribution in [3.8, 4) is 0 Å². The number of rotatable bonds is 5. The highest BCUT2D eigenvalue weighted by Crippen LogP contribution is 2.10. The first-order valence-electron chi connectivity index (χ1n) is 5.36. The third-order valence-electron chi connectivity index (χ3n) is 2.04. The minimum absolute atomic E-state index is 0.0674. The molecule has 17 heavy (non-hydrogen) atoms. The molecule has 1 aromatic carbocycles. The van der Waals surface area contributed by atoms with Crippen molar-refractivity contribution in [1.82, 2.24) is 5.32 Å². The summed E-state index contributed by atoms with van der Waals surface area (Å²) < 4.78 is 31.3. The van der Waals surface area contributed by atoms with Crippen LogP contribution in [0.3, 0.4) is 0 Å². The van der Waals surface area contributed by atoms with Gasteiger partial charge >= 0.3 is 0 Å². The number of amides is 1. The van der Waals surface area contributed by atoms with Crippen LogP contribution in [0.25, 0.3) is 0 Å². The molecule has 0 fully saturated rings. The van der Waals surface area contributed by atoms with E-state index in [1.165, 1.54) is 12.1 Å². The van der Waals surface area contributed by atoms with E-state index in [2.05, 4.69) is 5.32 Å². The van der Waals surface area contributed by atoms with Gasteiger partial charge in [0.05, 0.1) is 18.3 Å². The van der Waals surface area contributed by atoms with Gasteiger partial charge in [-0.15, -0.1) is 0 Å². The first kappa shape index (κ1) is 13.6. The summed E-state index contributed by atoms with van der Waals surface area (Å²) in [5.41, 5.74) is -0.297. The molecule has 0 spiro atoms. The number of ether oxygens (including phenoxy) is 1. The predicted molar refractivity (Wildman–Crippen MR) is 59.8 cm³/mol. The van der Waals surface area contributed by atoms with Crippen LogP contribution in [0.15, 0.2) is 18.2 Å². The highest BCUT2D eigenvalue weighted by Gasteiger charge is 2.14. The van der Waals surface area contributed by atoms with Gasteiger partial charge in [-0.2, -0.15) is 0 Å². The number of carbonyl (C=O) groups excluding carboxylic acids is 1. The zero-order valence-corrected chi connectivity index (χ0v) is 9.80. The monoisotopic (exact) mass is 243 g/mol. The van der Waals surface area contributed by atoms with E-state index in [1.807, 2.05) is 13.8 Å². The summed E-state index contributed by atoms with van der Waals surface area (Å²) in [6.45, 7) is 4.33. The minimum atomic E-state index is -1.13. The van der Waals surface area contributed by atoms with Crippen LogP contribution in [0.4, 0.5) is 8.78 Å². The molecule has 0 atom stereocenters. The molecule has 3 nitrogen and oxygen atoms in total. The molecule has 0 saturated heterocycles. The van der Waals surface area contributed by atoms with Gasteiger partial charge in [-0.05, 0) is 26.0 Å². The Kier molecular flexibility index (Phi) is 5.03. The first-order valence-corrected chi connectivity index (χ1v) is 5.36. The van der Waals surface area contributed by atoms with E-state index in [0.29, 0.717) is 6.61 Å². The van der Waals surface area contributed by atoms with E-state index in [4.69, 9.17) is 4.74 Å². The van der Waals surface area contributed by atoms with Crippen molar-refractivity contribution in [3.05, 3.63) is 35.4 Å². The number of nitrogens with one attached hydrogen (secondary N) is 1. The van der Waals surface area contributed by atoms with Crippen molar-refractivity contribution in [3.63, 3.8) is 0 Å². The van der Waals surface area contributed by atoms with Gasteiger partial charge in [-0.25, -0.2) is 8.78 Å². The van der Waals surface area contributed by atoms with Crippen molar-refractivity contribution < 1.29 is 18.3 Å². The molecule has 0 aliphatic carbocycles. The van der Waals surface area contributed by atoms with Crippen molar-refractivity contribution in [1.29, 1.82) is 0 Å². The maximum atomic E-state index is 13.2. The van der Waals surface area contributed by atoms with Crippen LogP contribution in [0.1, 0.15) is 24.2 Å². The summed E-state index contributed by atoms with van der Waals surface area (Å²) in [4.78, 5) is 11.5. The molecular weight excluding hydrogens is 228 g/mol. The normalized spacial score (nSPS) is 10.6. The Morgan fingerprint density at radius 1 is 1.41 bits per heavy atom. The fourth-order valence-electron chi connectivity index (χ4n) is 1.23. The maximum Gasteiger partial charge on any atom is 0.254 e. The van der Waals surface area contributed by atoms with Crippen molar-refractivity contribution in [2.24, 2.45) is 0 Å². The van der Waals surface area contributed by atoms with Gasteiger partial charge in [-0.1, -0.05) is 6.07 Å². The summed E-state index contributed by atoms with van der Waals surface area (Å²) in [7, 11) is 0. The SMILES string of the molecule is CC(C)OCCNC(=O)c1cccc(F)c1F. The van der Waals surface area contributed by atoms with Crippen LogP contribution in [-0.2, 0) is 4.74 Å². The van der Waals surface area contributed by atoms with E-state index in [0.717, 1.165) is 6.07 Å². The number of hydrogen-bond acceptors (Lipinski definition) is 2. The number of benzene rings is 1. The molecule has 0 aliphatic heterocycles. The lowest BCUT2D eigenvalue weighted by Crippen LogP contribution is -2.28. The van der Waals surface area contributed by atoms with E-state index in [-0.39, 0.29) is 18.2 Å². The molecule has 0 aromatic heterocycles. The molecule has 1 amide bonds. The number of halogens is 2. The Bertz CT molecular complexity index is 394. The van der Waals surface area contributed by atoms with Gasteiger partial charge < -0.3 is 10.1 Å². The lowest BCUT2D eigenvalue weighted by molar-refractivity contribution is 0.0745. The summed E-state index contributed by atoms with van der Waals surface area (Å²) in [6.07, 6.45) is 0.0674. The summed E-state index contributed by atoms with van der Waals surface area (Å²) in [5, 5.41) is 2.45. The van der Waals surface area contributed by atoms with Crippen molar-refractivity contribution >= 4 is 5.91 Å². The molecule has 0 unspecified atom stereocenters. The van der Waals surface area contributed by atoms with Gasteiger partial charge in [0, 0.05) is 6.54 Å². The Balaban J connectivity index is 2.50. The largest absolute Gasteiger partial charge is 0.377 e. The second kappa shape index (κ2) is 6.30. The standard InChI is InChI=1S/C12H15F2NO2/c1-8(2)17-7-6-15-12(16)9-4-3-5-10(13)11(9)14/h3-5,8H,6-7H2,1-2H3,(H,15,16). The Morgan fingerprint density at radius 3 is 2.76 bits per heavy atom. The molecule has 1 N–H and O–H groups in total. The Morgan fingerprint density at radius 2 is 2.12 bits per heavy atom. The van der Waals surface area contributed by atoms with Crippen LogP contribution >= 0.6 is 0 Å². The van der Waals surface area contributed by atoms with Crippen molar-refractivity contribution in [2.45, 2.75) is 20.0 Å². The van der Waals surface area contributed by atoms with Gasteiger partial charge in [0.1, 0.15) is 0 Å².